The Labute approximate surface area is 167 Å². The predicted molar refractivity (Wildman–Crippen MR) is 92.3 cm³/mol. The molecule has 0 aliphatic carbocycles. The maximum absolute atomic E-state index is 13.1. The quantitative estimate of drug-likeness (QED) is 0.623. The van der Waals surface area contributed by atoms with E-state index in [-0.39, 0.29) is 31.9 Å². The summed E-state index contributed by atoms with van der Waals surface area (Å²) in [5.41, 5.74) is -2.79. The number of fused-ring (bicyclic) bond motifs is 1. The van der Waals surface area contributed by atoms with E-state index in [9.17, 15) is 31.1 Å². The van der Waals surface area contributed by atoms with Gasteiger partial charge in [0, 0.05) is 24.6 Å². The normalized spacial score (nSPS) is 18.7. The van der Waals surface area contributed by atoms with Gasteiger partial charge in [-0.2, -0.15) is 26.3 Å². The van der Waals surface area contributed by atoms with Crippen LogP contribution in [0, 0.1) is 0 Å². The molecule has 0 unspecified atom stereocenters. The lowest BCUT2D eigenvalue weighted by atomic mass is 9.98. The number of benzene rings is 2. The Morgan fingerprint density at radius 1 is 0.900 bits per heavy atom. The summed E-state index contributed by atoms with van der Waals surface area (Å²) in [6.07, 6.45) is -9.48. The second-order valence-electron chi connectivity index (χ2n) is 7.14. The van der Waals surface area contributed by atoms with Crippen LogP contribution in [0.4, 0.5) is 26.3 Å². The van der Waals surface area contributed by atoms with Crippen molar-refractivity contribution in [2.75, 3.05) is 19.9 Å². The lowest BCUT2D eigenvalue weighted by Gasteiger charge is -2.19. The molecule has 0 bridgehead atoms. The summed E-state index contributed by atoms with van der Waals surface area (Å²) in [6.45, 7) is 0.497. The van der Waals surface area contributed by atoms with Crippen molar-refractivity contribution in [3.05, 3.63) is 58.7 Å². The van der Waals surface area contributed by atoms with Crippen molar-refractivity contribution in [1.29, 1.82) is 0 Å². The average Bonchev–Trinajstić information content (AvgIpc) is 3.34. The highest BCUT2D eigenvalue weighted by Gasteiger charge is 2.38. The average molecular weight is 431 g/mol. The fraction of sp³-hybridized carbons (Fsp3) is 0.350. The van der Waals surface area contributed by atoms with Crippen molar-refractivity contribution < 1.29 is 40.6 Å². The first-order valence-corrected chi connectivity index (χ1v) is 9.00. The van der Waals surface area contributed by atoms with E-state index in [0.29, 0.717) is 30.1 Å². The van der Waals surface area contributed by atoms with E-state index in [0.717, 1.165) is 5.56 Å². The first kappa shape index (κ1) is 20.4. The monoisotopic (exact) mass is 431 g/mol. The fourth-order valence-electron chi connectivity index (χ4n) is 3.64. The van der Waals surface area contributed by atoms with Gasteiger partial charge in [-0.3, -0.25) is 4.79 Å². The minimum Gasteiger partial charge on any atom is -0.454 e. The van der Waals surface area contributed by atoms with Crippen LogP contribution < -0.4 is 9.47 Å². The molecule has 160 valence electrons. The van der Waals surface area contributed by atoms with E-state index in [1.807, 2.05) is 0 Å². The van der Waals surface area contributed by atoms with Crippen molar-refractivity contribution in [2.24, 2.45) is 0 Å². The van der Waals surface area contributed by atoms with Crippen molar-refractivity contribution >= 4 is 5.91 Å². The number of carbonyl (C=O) groups excluding carboxylic acids is 1. The van der Waals surface area contributed by atoms with Gasteiger partial charge in [-0.1, -0.05) is 6.07 Å². The van der Waals surface area contributed by atoms with Crippen LogP contribution in [0.5, 0.6) is 11.5 Å². The molecule has 2 aromatic carbocycles. The third kappa shape index (κ3) is 3.90. The van der Waals surface area contributed by atoms with Crippen molar-refractivity contribution in [3.8, 4) is 11.5 Å². The van der Waals surface area contributed by atoms with E-state index in [1.54, 1.807) is 18.2 Å². The van der Waals surface area contributed by atoms with Crippen LogP contribution in [-0.4, -0.2) is 30.7 Å². The molecule has 0 radical (unpaired) electrons. The Balaban J connectivity index is 1.58. The molecule has 2 aromatic rings. The third-order valence-corrected chi connectivity index (χ3v) is 5.18. The van der Waals surface area contributed by atoms with Crippen molar-refractivity contribution in [1.82, 2.24) is 4.90 Å². The molecular formula is C20H15F6NO3. The Bertz CT molecular complexity index is 953. The highest BCUT2D eigenvalue weighted by atomic mass is 19.4. The molecule has 0 aromatic heterocycles. The summed E-state index contributed by atoms with van der Waals surface area (Å²) in [5, 5.41) is 0. The molecule has 30 heavy (non-hydrogen) atoms. The summed E-state index contributed by atoms with van der Waals surface area (Å²) < 4.78 is 88.9. The lowest BCUT2D eigenvalue weighted by Crippen LogP contribution is -2.29. The van der Waals surface area contributed by atoms with E-state index < -0.39 is 35.0 Å². The van der Waals surface area contributed by atoms with Gasteiger partial charge >= 0.3 is 12.4 Å². The number of ether oxygens (including phenoxy) is 2. The molecule has 1 fully saturated rings. The van der Waals surface area contributed by atoms with Gasteiger partial charge < -0.3 is 14.4 Å². The molecule has 0 N–H and O–H groups in total. The molecule has 10 heteroatoms. The Kier molecular flexibility index (Phi) is 4.82. The summed E-state index contributed by atoms with van der Waals surface area (Å²) in [4.78, 5) is 14.0. The molecule has 1 amide bonds. The van der Waals surface area contributed by atoms with Crippen LogP contribution >= 0.6 is 0 Å². The smallest absolute Gasteiger partial charge is 0.416 e. The van der Waals surface area contributed by atoms with E-state index in [1.165, 1.54) is 4.90 Å². The molecule has 1 atom stereocenters. The highest BCUT2D eigenvalue weighted by Crippen LogP contribution is 2.39. The van der Waals surface area contributed by atoms with Crippen molar-refractivity contribution in [2.45, 2.75) is 24.7 Å². The number of carbonyl (C=O) groups is 1. The van der Waals surface area contributed by atoms with Gasteiger partial charge in [-0.05, 0) is 42.3 Å². The zero-order valence-corrected chi connectivity index (χ0v) is 15.3. The summed E-state index contributed by atoms with van der Waals surface area (Å²) in [6, 6.07) is 6.24. The molecule has 4 rings (SSSR count). The lowest BCUT2D eigenvalue weighted by molar-refractivity contribution is -0.143. The molecule has 4 nitrogen and oxygen atoms in total. The van der Waals surface area contributed by atoms with E-state index in [2.05, 4.69) is 0 Å². The van der Waals surface area contributed by atoms with Crippen LogP contribution in [0.15, 0.2) is 36.4 Å². The summed E-state index contributed by atoms with van der Waals surface area (Å²) in [5.74, 6) is 0.171. The van der Waals surface area contributed by atoms with Gasteiger partial charge in [0.25, 0.3) is 5.91 Å². The standard InChI is InChI=1S/C20H15F6NO3/c21-19(22,23)14-5-13(6-15(8-14)20(24,25)26)18(28)27-4-3-12(9-27)11-1-2-16-17(7-11)30-10-29-16/h1-2,5-8,12H,3-4,9-10H2/t12-/m0/s1. The Morgan fingerprint density at radius 2 is 1.53 bits per heavy atom. The van der Waals surface area contributed by atoms with Gasteiger partial charge in [0.15, 0.2) is 11.5 Å². The predicted octanol–water partition coefficient (Wildman–Crippen LogP) is 5.08. The number of halogens is 6. The number of hydrogen-bond donors (Lipinski definition) is 0. The summed E-state index contributed by atoms with van der Waals surface area (Å²) >= 11 is 0. The molecule has 2 heterocycles. The van der Waals surface area contributed by atoms with Crippen LogP contribution in [0.2, 0.25) is 0 Å². The number of hydrogen-bond acceptors (Lipinski definition) is 3. The van der Waals surface area contributed by atoms with Crippen LogP contribution in [0.25, 0.3) is 0 Å². The molecule has 1 saturated heterocycles. The van der Waals surface area contributed by atoms with E-state index in [4.69, 9.17) is 9.47 Å². The second-order valence-corrected chi connectivity index (χ2v) is 7.14. The summed E-state index contributed by atoms with van der Waals surface area (Å²) in [7, 11) is 0. The minimum atomic E-state index is -5.00. The van der Waals surface area contributed by atoms with E-state index >= 15 is 0 Å². The highest BCUT2D eigenvalue weighted by molar-refractivity contribution is 5.95. The number of alkyl halides is 6. The number of nitrogens with zero attached hydrogens (tertiary/aromatic N) is 1. The molecule has 0 spiro atoms. The fourth-order valence-corrected chi connectivity index (χ4v) is 3.64. The number of amides is 1. The second kappa shape index (κ2) is 7.10. The first-order valence-electron chi connectivity index (χ1n) is 9.00. The number of rotatable bonds is 2. The number of likely N-dealkylation sites (tertiary alicyclic amines) is 1. The minimum absolute atomic E-state index is 0.0101. The largest absolute Gasteiger partial charge is 0.454 e. The van der Waals surface area contributed by atoms with Gasteiger partial charge in [-0.25, -0.2) is 0 Å². The zero-order chi connectivity index (χ0) is 21.7. The van der Waals surface area contributed by atoms with Crippen LogP contribution in [0.3, 0.4) is 0 Å². The Morgan fingerprint density at radius 3 is 2.17 bits per heavy atom. The maximum Gasteiger partial charge on any atom is 0.416 e. The molecule has 2 aliphatic rings. The molecule has 0 saturated carbocycles. The molecule has 2 aliphatic heterocycles. The SMILES string of the molecule is O=C(c1cc(C(F)(F)F)cc(C(F)(F)F)c1)N1CC[C@H](c2ccc3c(c2)OCO3)C1. The maximum atomic E-state index is 13.1. The van der Waals surface area contributed by atoms with Gasteiger partial charge in [0.1, 0.15) is 0 Å². The topological polar surface area (TPSA) is 38.8 Å². The zero-order valence-electron chi connectivity index (χ0n) is 15.3. The third-order valence-electron chi connectivity index (χ3n) is 5.18. The van der Waals surface area contributed by atoms with Gasteiger partial charge in [0.2, 0.25) is 6.79 Å². The molecular weight excluding hydrogens is 416 g/mol. The van der Waals surface area contributed by atoms with Crippen LogP contribution in [0.1, 0.15) is 39.4 Å². The first-order chi connectivity index (χ1) is 14.0. The van der Waals surface area contributed by atoms with Gasteiger partial charge in [-0.15, -0.1) is 0 Å². The Hall–Kier alpha value is -2.91. The van der Waals surface area contributed by atoms with Crippen LogP contribution in [-0.2, 0) is 12.4 Å². The van der Waals surface area contributed by atoms with Crippen molar-refractivity contribution in [3.63, 3.8) is 0 Å². The van der Waals surface area contributed by atoms with Gasteiger partial charge in [0.05, 0.1) is 11.1 Å².